The molecule has 1 heterocycles. The van der Waals surface area contributed by atoms with Gasteiger partial charge in [0.1, 0.15) is 0 Å². The number of nitrogens with zero attached hydrogens (tertiary/aromatic N) is 1. The molecule has 2 unspecified atom stereocenters. The quantitative estimate of drug-likeness (QED) is 0.895. The van der Waals surface area contributed by atoms with Crippen LogP contribution in [0.25, 0.3) is 0 Å². The minimum absolute atomic E-state index is 0.135. The number of fused-ring (bicyclic) bond motifs is 2. The third-order valence-corrected chi connectivity index (χ3v) is 6.37. The van der Waals surface area contributed by atoms with E-state index < -0.39 is 0 Å². The second kappa shape index (κ2) is 6.75. The highest BCUT2D eigenvalue weighted by molar-refractivity contribution is 5.93. The second-order valence-electron chi connectivity index (χ2n) is 7.93. The lowest BCUT2D eigenvalue weighted by Crippen LogP contribution is -2.48. The van der Waals surface area contributed by atoms with Crippen molar-refractivity contribution in [2.75, 3.05) is 23.3 Å². The highest BCUT2D eigenvalue weighted by atomic mass is 16.1. The Morgan fingerprint density at radius 1 is 1.08 bits per heavy atom. The predicted molar refractivity (Wildman–Crippen MR) is 98.0 cm³/mol. The Labute approximate surface area is 144 Å². The summed E-state index contributed by atoms with van der Waals surface area (Å²) in [6.45, 7) is 2.25. The molecule has 3 N–H and O–H groups in total. The summed E-state index contributed by atoms with van der Waals surface area (Å²) in [4.78, 5) is 15.2. The monoisotopic (exact) mass is 327 g/mol. The number of rotatable bonds is 3. The van der Waals surface area contributed by atoms with Crippen molar-refractivity contribution in [3.8, 4) is 0 Å². The zero-order valence-corrected chi connectivity index (χ0v) is 14.4. The van der Waals surface area contributed by atoms with E-state index in [1.807, 2.05) is 6.07 Å². The van der Waals surface area contributed by atoms with E-state index >= 15 is 0 Å². The first-order valence-corrected chi connectivity index (χ1v) is 9.62. The molecule has 0 radical (unpaired) electrons. The van der Waals surface area contributed by atoms with Crippen molar-refractivity contribution in [3.63, 3.8) is 0 Å². The second-order valence-corrected chi connectivity index (χ2v) is 7.93. The number of hydrogen-bond acceptors (Lipinski definition) is 3. The Hall–Kier alpha value is -1.55. The van der Waals surface area contributed by atoms with Crippen LogP contribution < -0.4 is 16.0 Å². The zero-order chi connectivity index (χ0) is 16.5. The van der Waals surface area contributed by atoms with Crippen molar-refractivity contribution in [1.82, 2.24) is 0 Å². The lowest BCUT2D eigenvalue weighted by Gasteiger charge is -2.43. The van der Waals surface area contributed by atoms with Gasteiger partial charge in [0.25, 0.3) is 0 Å². The molecule has 2 bridgehead atoms. The van der Waals surface area contributed by atoms with E-state index in [0.717, 1.165) is 31.6 Å². The number of anilines is 2. The molecule has 2 atom stereocenters. The Morgan fingerprint density at radius 2 is 1.79 bits per heavy atom. The Balaban J connectivity index is 1.42. The fourth-order valence-electron chi connectivity index (χ4n) is 5.00. The van der Waals surface area contributed by atoms with Gasteiger partial charge < -0.3 is 16.0 Å². The lowest BCUT2D eigenvalue weighted by molar-refractivity contribution is -0.122. The molecular weight excluding hydrogens is 298 g/mol. The fraction of sp³-hybridized carbons (Fsp3) is 0.650. The Morgan fingerprint density at radius 3 is 2.50 bits per heavy atom. The normalized spacial score (nSPS) is 32.6. The molecule has 4 heteroatoms. The van der Waals surface area contributed by atoms with Crippen LogP contribution in [0.5, 0.6) is 0 Å². The van der Waals surface area contributed by atoms with Crippen LogP contribution in [0.1, 0.15) is 44.9 Å². The molecule has 2 saturated carbocycles. The van der Waals surface area contributed by atoms with Gasteiger partial charge in [-0.15, -0.1) is 0 Å². The van der Waals surface area contributed by atoms with Crippen LogP contribution in [0, 0.1) is 17.8 Å². The minimum atomic E-state index is 0.135. The summed E-state index contributed by atoms with van der Waals surface area (Å²) in [5.41, 5.74) is 8.52. The Kier molecular flexibility index (Phi) is 4.49. The molecule has 3 aliphatic rings. The zero-order valence-electron chi connectivity index (χ0n) is 14.4. The molecule has 1 aromatic carbocycles. The third kappa shape index (κ3) is 3.16. The third-order valence-electron chi connectivity index (χ3n) is 6.37. The molecule has 24 heavy (non-hydrogen) atoms. The van der Waals surface area contributed by atoms with Gasteiger partial charge in [0.05, 0.1) is 0 Å². The van der Waals surface area contributed by atoms with E-state index in [-0.39, 0.29) is 11.8 Å². The van der Waals surface area contributed by atoms with Gasteiger partial charge in [-0.3, -0.25) is 4.79 Å². The summed E-state index contributed by atoms with van der Waals surface area (Å²) in [6, 6.07) is 8.65. The first-order valence-electron chi connectivity index (χ1n) is 9.62. The number of amides is 1. The molecule has 1 saturated heterocycles. The van der Waals surface area contributed by atoms with Crippen LogP contribution in [0.4, 0.5) is 11.4 Å². The van der Waals surface area contributed by atoms with E-state index in [4.69, 9.17) is 5.73 Å². The summed E-state index contributed by atoms with van der Waals surface area (Å²) in [5.74, 6) is 1.42. The van der Waals surface area contributed by atoms with E-state index in [2.05, 4.69) is 28.4 Å². The summed E-state index contributed by atoms with van der Waals surface area (Å²) in [6.07, 6.45) is 8.15. The van der Waals surface area contributed by atoms with Crippen LogP contribution in [0.15, 0.2) is 24.3 Å². The number of benzene rings is 1. The summed E-state index contributed by atoms with van der Waals surface area (Å²) < 4.78 is 0. The summed E-state index contributed by atoms with van der Waals surface area (Å²) >= 11 is 0. The highest BCUT2D eigenvalue weighted by Crippen LogP contribution is 2.42. The van der Waals surface area contributed by atoms with Crippen LogP contribution in [-0.2, 0) is 4.79 Å². The smallest absolute Gasteiger partial charge is 0.227 e. The molecule has 0 aromatic heterocycles. The lowest BCUT2D eigenvalue weighted by atomic mass is 9.65. The molecule has 130 valence electrons. The Bertz CT molecular complexity index is 582. The van der Waals surface area contributed by atoms with Gasteiger partial charge in [0, 0.05) is 36.4 Å². The van der Waals surface area contributed by atoms with Crippen molar-refractivity contribution in [1.29, 1.82) is 0 Å². The topological polar surface area (TPSA) is 58.4 Å². The molecule has 4 nitrogen and oxygen atoms in total. The van der Waals surface area contributed by atoms with Gasteiger partial charge in [0.2, 0.25) is 5.91 Å². The van der Waals surface area contributed by atoms with Gasteiger partial charge in [0.15, 0.2) is 0 Å². The molecular formula is C20H29N3O. The average Bonchev–Trinajstić information content (AvgIpc) is 3.09. The van der Waals surface area contributed by atoms with Crippen molar-refractivity contribution in [3.05, 3.63) is 24.3 Å². The molecule has 1 amide bonds. The number of nitrogens with two attached hydrogens (primary N) is 1. The average molecular weight is 327 g/mol. The number of hydrogen-bond donors (Lipinski definition) is 2. The van der Waals surface area contributed by atoms with Crippen molar-refractivity contribution in [2.45, 2.75) is 51.0 Å². The highest BCUT2D eigenvalue weighted by Gasteiger charge is 2.40. The molecule has 1 aromatic rings. The fourth-order valence-corrected chi connectivity index (χ4v) is 5.00. The van der Waals surface area contributed by atoms with E-state index in [9.17, 15) is 4.79 Å². The largest absolute Gasteiger partial charge is 0.371 e. The first kappa shape index (κ1) is 15.9. The van der Waals surface area contributed by atoms with Gasteiger partial charge >= 0.3 is 0 Å². The standard InChI is InChI=1S/C20H29N3O/c21-19-14-5-3-6-15(19)12-16(11-14)20(24)22-17-7-4-8-18(13-17)23-9-1-2-10-23/h4,7-8,13-16,19H,1-3,5-6,9-12,21H2,(H,22,24). The maximum absolute atomic E-state index is 12.8. The van der Waals surface area contributed by atoms with Gasteiger partial charge in [-0.25, -0.2) is 0 Å². The molecule has 2 aliphatic carbocycles. The SMILES string of the molecule is NC1C2CCCC1CC(C(=O)Nc1cccc(N3CCCC3)c1)C2. The maximum atomic E-state index is 12.8. The van der Waals surface area contributed by atoms with Crippen LogP contribution in [0.3, 0.4) is 0 Å². The van der Waals surface area contributed by atoms with Crippen LogP contribution in [0.2, 0.25) is 0 Å². The first-order chi connectivity index (χ1) is 11.7. The number of carbonyl (C=O) groups is 1. The van der Waals surface area contributed by atoms with E-state index in [0.29, 0.717) is 17.9 Å². The van der Waals surface area contributed by atoms with Gasteiger partial charge in [-0.2, -0.15) is 0 Å². The van der Waals surface area contributed by atoms with Crippen LogP contribution >= 0.6 is 0 Å². The van der Waals surface area contributed by atoms with Crippen molar-refractivity contribution in [2.24, 2.45) is 23.5 Å². The summed E-state index contributed by atoms with van der Waals surface area (Å²) in [5, 5.41) is 3.17. The van der Waals surface area contributed by atoms with E-state index in [1.54, 1.807) is 0 Å². The molecule has 0 spiro atoms. The van der Waals surface area contributed by atoms with Gasteiger partial charge in [-0.1, -0.05) is 12.5 Å². The van der Waals surface area contributed by atoms with E-state index in [1.165, 1.54) is 37.8 Å². The van der Waals surface area contributed by atoms with Crippen molar-refractivity contribution < 1.29 is 4.79 Å². The molecule has 3 fully saturated rings. The van der Waals surface area contributed by atoms with Crippen LogP contribution in [-0.4, -0.2) is 25.0 Å². The maximum Gasteiger partial charge on any atom is 0.227 e. The van der Waals surface area contributed by atoms with Gasteiger partial charge in [-0.05, 0) is 68.6 Å². The van der Waals surface area contributed by atoms with Crippen molar-refractivity contribution >= 4 is 17.3 Å². The minimum Gasteiger partial charge on any atom is -0.371 e. The number of nitrogens with one attached hydrogen (secondary N) is 1. The summed E-state index contributed by atoms with van der Waals surface area (Å²) in [7, 11) is 0. The predicted octanol–water partition coefficient (Wildman–Crippen LogP) is 3.38. The number of carbonyl (C=O) groups excluding carboxylic acids is 1. The molecule has 1 aliphatic heterocycles. The molecule has 4 rings (SSSR count).